The fraction of sp³-hybridized carbons (Fsp3) is 0.400. The number of thiazole rings is 1. The van der Waals surface area contributed by atoms with Gasteiger partial charge < -0.3 is 14.5 Å². The summed E-state index contributed by atoms with van der Waals surface area (Å²) in [4.78, 5) is 28.9. The predicted octanol–water partition coefficient (Wildman–Crippen LogP) is 2.24. The first-order chi connectivity index (χ1) is 11.2. The van der Waals surface area contributed by atoms with Crippen LogP contribution in [0.1, 0.15) is 44.7 Å². The molecule has 1 saturated heterocycles. The van der Waals surface area contributed by atoms with Crippen molar-refractivity contribution in [2.24, 2.45) is 0 Å². The summed E-state index contributed by atoms with van der Waals surface area (Å²) in [7, 11) is 1.25. The molecular weight excluding hydrogens is 318 g/mol. The fourth-order valence-electron chi connectivity index (χ4n) is 2.47. The number of nitrogens with zero attached hydrogens (tertiary/aromatic N) is 1. The number of nitrogens with one attached hydrogen (secondary N) is 2. The van der Waals surface area contributed by atoms with E-state index in [0.29, 0.717) is 11.0 Å². The number of anilines is 1. The molecule has 0 aliphatic carbocycles. The summed E-state index contributed by atoms with van der Waals surface area (Å²) in [6, 6.07) is 2.84. The van der Waals surface area contributed by atoms with Gasteiger partial charge in [0, 0.05) is 11.1 Å². The molecule has 0 atom stereocenters. The number of aromatic nitrogens is 1. The predicted molar refractivity (Wildman–Crippen MR) is 85.0 cm³/mol. The highest BCUT2D eigenvalue weighted by Crippen LogP contribution is 2.31. The van der Waals surface area contributed by atoms with Crippen LogP contribution in [0, 0.1) is 0 Å². The highest BCUT2D eigenvalue weighted by molar-refractivity contribution is 7.15. The number of carbonyl (C=O) groups excluding carboxylic acids is 2. The Kier molecular flexibility index (Phi) is 4.73. The van der Waals surface area contributed by atoms with Gasteiger partial charge in [-0.2, -0.15) is 0 Å². The van der Waals surface area contributed by atoms with Crippen LogP contribution in [0.5, 0.6) is 0 Å². The lowest BCUT2D eigenvalue weighted by atomic mass is 9.97. The second-order valence-electron chi connectivity index (χ2n) is 5.20. The Hall–Kier alpha value is -2.19. The maximum Gasteiger partial charge on any atom is 0.373 e. The van der Waals surface area contributed by atoms with Crippen LogP contribution in [-0.2, 0) is 4.74 Å². The first-order valence-corrected chi connectivity index (χ1v) is 8.15. The van der Waals surface area contributed by atoms with Gasteiger partial charge in [0.15, 0.2) is 10.9 Å². The van der Waals surface area contributed by atoms with Gasteiger partial charge in [0.05, 0.1) is 7.11 Å². The lowest BCUT2D eigenvalue weighted by molar-refractivity contribution is 0.0563. The summed E-state index contributed by atoms with van der Waals surface area (Å²) >= 11 is 1.48. The Morgan fingerprint density at radius 3 is 2.83 bits per heavy atom. The first-order valence-electron chi connectivity index (χ1n) is 7.33. The van der Waals surface area contributed by atoms with E-state index in [1.165, 1.54) is 35.5 Å². The van der Waals surface area contributed by atoms with Crippen molar-refractivity contribution in [3.8, 4) is 0 Å². The maximum atomic E-state index is 12.1. The summed E-state index contributed by atoms with van der Waals surface area (Å²) in [5.74, 6) is -0.525. The number of furan rings is 1. The molecular formula is C15H17N3O4S. The van der Waals surface area contributed by atoms with Crippen LogP contribution in [0.25, 0.3) is 0 Å². The molecule has 23 heavy (non-hydrogen) atoms. The van der Waals surface area contributed by atoms with E-state index in [1.54, 1.807) is 0 Å². The largest absolute Gasteiger partial charge is 0.463 e. The molecule has 0 spiro atoms. The molecule has 0 unspecified atom stereocenters. The van der Waals surface area contributed by atoms with Crippen LogP contribution in [0.15, 0.2) is 22.7 Å². The number of hydrogen-bond donors (Lipinski definition) is 2. The molecule has 0 radical (unpaired) electrons. The Labute approximate surface area is 137 Å². The van der Waals surface area contributed by atoms with E-state index in [9.17, 15) is 9.59 Å². The summed E-state index contributed by atoms with van der Waals surface area (Å²) in [5, 5.41) is 6.55. The van der Waals surface area contributed by atoms with Gasteiger partial charge in [0.25, 0.3) is 5.91 Å². The second-order valence-corrected chi connectivity index (χ2v) is 6.26. The number of amides is 1. The van der Waals surface area contributed by atoms with Gasteiger partial charge in [-0.15, -0.1) is 11.3 Å². The van der Waals surface area contributed by atoms with E-state index in [4.69, 9.17) is 4.42 Å². The van der Waals surface area contributed by atoms with Crippen molar-refractivity contribution in [2.75, 3.05) is 25.5 Å². The maximum absolute atomic E-state index is 12.1. The second kappa shape index (κ2) is 6.93. The van der Waals surface area contributed by atoms with Crippen molar-refractivity contribution in [2.45, 2.75) is 18.8 Å². The van der Waals surface area contributed by atoms with E-state index < -0.39 is 11.9 Å². The number of carbonyl (C=O) groups is 2. The Morgan fingerprint density at radius 1 is 1.35 bits per heavy atom. The van der Waals surface area contributed by atoms with Crippen LogP contribution in [-0.4, -0.2) is 37.1 Å². The minimum absolute atomic E-state index is 0.00724. The standard InChI is InChI=1S/C15H17N3O4S/c1-21-14(20)11-3-2-10(22-11)13(19)18-15-17-8-12(23-15)9-4-6-16-7-5-9/h2-3,8-9,16H,4-7H2,1H3,(H,17,18,19). The zero-order chi connectivity index (χ0) is 16.2. The molecule has 1 fully saturated rings. The zero-order valence-corrected chi connectivity index (χ0v) is 13.4. The average molecular weight is 335 g/mol. The van der Waals surface area contributed by atoms with E-state index in [2.05, 4.69) is 20.4 Å². The molecule has 7 nitrogen and oxygen atoms in total. The number of ether oxygens (including phenoxy) is 1. The number of esters is 1. The van der Waals surface area contributed by atoms with Crippen LogP contribution < -0.4 is 10.6 Å². The molecule has 1 aliphatic rings. The molecule has 2 aromatic rings. The summed E-state index contributed by atoms with van der Waals surface area (Å²) in [6.45, 7) is 2.01. The molecule has 2 aromatic heterocycles. The van der Waals surface area contributed by atoms with Gasteiger partial charge in [0.2, 0.25) is 5.76 Å². The third-order valence-corrected chi connectivity index (χ3v) is 4.78. The Morgan fingerprint density at radius 2 is 2.09 bits per heavy atom. The van der Waals surface area contributed by atoms with Gasteiger partial charge in [-0.25, -0.2) is 9.78 Å². The molecule has 3 heterocycles. The number of methoxy groups -OCH3 is 1. The molecule has 8 heteroatoms. The van der Waals surface area contributed by atoms with E-state index >= 15 is 0 Å². The molecule has 3 rings (SSSR count). The molecule has 0 saturated carbocycles. The summed E-state index contributed by atoms with van der Waals surface area (Å²) in [5.41, 5.74) is 0. The summed E-state index contributed by atoms with van der Waals surface area (Å²) in [6.07, 6.45) is 3.98. The molecule has 1 amide bonds. The average Bonchev–Trinajstić information content (AvgIpc) is 3.24. The summed E-state index contributed by atoms with van der Waals surface area (Å²) < 4.78 is 9.71. The van der Waals surface area contributed by atoms with Gasteiger partial charge >= 0.3 is 5.97 Å². The fourth-order valence-corrected chi connectivity index (χ4v) is 3.45. The quantitative estimate of drug-likeness (QED) is 0.832. The van der Waals surface area contributed by atoms with Crippen molar-refractivity contribution < 1.29 is 18.7 Å². The minimum atomic E-state index is -0.619. The minimum Gasteiger partial charge on any atom is -0.463 e. The van der Waals surface area contributed by atoms with Crippen LogP contribution >= 0.6 is 11.3 Å². The van der Waals surface area contributed by atoms with E-state index in [-0.39, 0.29) is 11.5 Å². The first kappa shape index (κ1) is 15.7. The molecule has 2 N–H and O–H groups in total. The third-order valence-electron chi connectivity index (χ3n) is 3.70. The van der Waals surface area contributed by atoms with Crippen molar-refractivity contribution in [1.82, 2.24) is 10.3 Å². The normalized spacial score (nSPS) is 15.3. The van der Waals surface area contributed by atoms with Crippen LogP contribution in [0.3, 0.4) is 0 Å². The Balaban J connectivity index is 1.64. The molecule has 0 aromatic carbocycles. The SMILES string of the molecule is COC(=O)c1ccc(C(=O)Nc2ncc(C3CCNCC3)s2)o1. The molecule has 0 bridgehead atoms. The third kappa shape index (κ3) is 3.59. The van der Waals surface area contributed by atoms with Crippen LogP contribution in [0.2, 0.25) is 0 Å². The van der Waals surface area contributed by atoms with Crippen molar-refractivity contribution in [3.63, 3.8) is 0 Å². The van der Waals surface area contributed by atoms with Gasteiger partial charge in [-0.05, 0) is 44.0 Å². The number of piperidine rings is 1. The van der Waals surface area contributed by atoms with Gasteiger partial charge in [0.1, 0.15) is 0 Å². The smallest absolute Gasteiger partial charge is 0.373 e. The highest BCUT2D eigenvalue weighted by Gasteiger charge is 2.20. The van der Waals surface area contributed by atoms with Gasteiger partial charge in [-0.1, -0.05) is 0 Å². The van der Waals surface area contributed by atoms with Gasteiger partial charge in [-0.3, -0.25) is 10.1 Å². The zero-order valence-electron chi connectivity index (χ0n) is 12.6. The van der Waals surface area contributed by atoms with E-state index in [0.717, 1.165) is 25.9 Å². The van der Waals surface area contributed by atoms with E-state index in [1.807, 2.05) is 6.20 Å². The molecule has 122 valence electrons. The number of rotatable bonds is 4. The monoisotopic (exact) mass is 335 g/mol. The van der Waals surface area contributed by atoms with Crippen molar-refractivity contribution >= 4 is 28.3 Å². The highest BCUT2D eigenvalue weighted by atomic mass is 32.1. The lowest BCUT2D eigenvalue weighted by Crippen LogP contribution is -2.26. The van der Waals surface area contributed by atoms with Crippen molar-refractivity contribution in [1.29, 1.82) is 0 Å². The molecule has 1 aliphatic heterocycles. The Bertz CT molecular complexity index is 703. The van der Waals surface area contributed by atoms with Crippen LogP contribution in [0.4, 0.5) is 5.13 Å². The lowest BCUT2D eigenvalue weighted by Gasteiger charge is -2.20. The number of hydrogen-bond acceptors (Lipinski definition) is 7. The van der Waals surface area contributed by atoms with Crippen molar-refractivity contribution in [3.05, 3.63) is 34.7 Å². The topological polar surface area (TPSA) is 93.5 Å².